The summed E-state index contributed by atoms with van der Waals surface area (Å²) in [5.41, 5.74) is 1.03. The zero-order valence-corrected chi connectivity index (χ0v) is 11.6. The number of hydrogen-bond acceptors (Lipinski definition) is 1. The standard InChI is InChI=1S/C13H17Cl2NO/c1-9(2)8-16-13(17)6-4-10-3-5-11(14)12(15)7-10/h3,5,7,9H,4,6,8H2,1-2H3,(H,16,17). The van der Waals surface area contributed by atoms with E-state index in [1.165, 1.54) is 0 Å². The van der Waals surface area contributed by atoms with Gasteiger partial charge in [0.2, 0.25) is 5.91 Å². The van der Waals surface area contributed by atoms with E-state index in [0.29, 0.717) is 28.8 Å². The van der Waals surface area contributed by atoms with Crippen molar-refractivity contribution in [3.05, 3.63) is 33.8 Å². The Morgan fingerprint density at radius 2 is 2.00 bits per heavy atom. The molecular weight excluding hydrogens is 257 g/mol. The van der Waals surface area contributed by atoms with Gasteiger partial charge in [0.05, 0.1) is 10.0 Å². The molecule has 0 aromatic heterocycles. The first kappa shape index (κ1) is 14.3. The average Bonchev–Trinajstić information content (AvgIpc) is 2.28. The first-order chi connectivity index (χ1) is 7.99. The number of carbonyl (C=O) groups is 1. The minimum absolute atomic E-state index is 0.0739. The van der Waals surface area contributed by atoms with E-state index in [4.69, 9.17) is 23.2 Å². The molecule has 0 fully saturated rings. The van der Waals surface area contributed by atoms with Crippen LogP contribution in [0.3, 0.4) is 0 Å². The lowest BCUT2D eigenvalue weighted by Crippen LogP contribution is -2.27. The molecule has 4 heteroatoms. The van der Waals surface area contributed by atoms with E-state index in [2.05, 4.69) is 19.2 Å². The SMILES string of the molecule is CC(C)CNC(=O)CCc1ccc(Cl)c(Cl)c1. The molecule has 0 aliphatic heterocycles. The van der Waals surface area contributed by atoms with Gasteiger partial charge in [0, 0.05) is 13.0 Å². The minimum Gasteiger partial charge on any atom is -0.356 e. The molecule has 0 saturated carbocycles. The van der Waals surface area contributed by atoms with Gasteiger partial charge in [-0.05, 0) is 30.0 Å². The van der Waals surface area contributed by atoms with Crippen molar-refractivity contribution in [1.29, 1.82) is 0 Å². The topological polar surface area (TPSA) is 29.1 Å². The third-order valence-electron chi connectivity index (χ3n) is 2.33. The maximum atomic E-state index is 11.5. The highest BCUT2D eigenvalue weighted by Gasteiger charge is 2.04. The van der Waals surface area contributed by atoms with Gasteiger partial charge < -0.3 is 5.32 Å². The summed E-state index contributed by atoms with van der Waals surface area (Å²) < 4.78 is 0. The molecule has 17 heavy (non-hydrogen) atoms. The molecule has 94 valence electrons. The number of aryl methyl sites for hydroxylation is 1. The number of halogens is 2. The highest BCUT2D eigenvalue weighted by atomic mass is 35.5. The van der Waals surface area contributed by atoms with Crippen LogP contribution in [-0.2, 0) is 11.2 Å². The number of rotatable bonds is 5. The first-order valence-corrected chi connectivity index (χ1v) is 6.45. The zero-order chi connectivity index (χ0) is 12.8. The Balaban J connectivity index is 2.39. The van der Waals surface area contributed by atoms with Gasteiger partial charge in [-0.1, -0.05) is 43.1 Å². The number of nitrogens with one attached hydrogen (secondary N) is 1. The second-order valence-corrected chi connectivity index (χ2v) is 5.26. The molecule has 1 aromatic rings. The molecular formula is C13H17Cl2NO. The van der Waals surface area contributed by atoms with Crippen LogP contribution in [0.1, 0.15) is 25.8 Å². The highest BCUT2D eigenvalue weighted by Crippen LogP contribution is 2.23. The van der Waals surface area contributed by atoms with Crippen LogP contribution in [0, 0.1) is 5.92 Å². The van der Waals surface area contributed by atoms with Gasteiger partial charge in [-0.2, -0.15) is 0 Å². The number of amides is 1. The summed E-state index contributed by atoms with van der Waals surface area (Å²) >= 11 is 11.7. The summed E-state index contributed by atoms with van der Waals surface area (Å²) in [6.07, 6.45) is 1.16. The van der Waals surface area contributed by atoms with Gasteiger partial charge in [0.25, 0.3) is 0 Å². The van der Waals surface area contributed by atoms with Crippen molar-refractivity contribution in [2.75, 3.05) is 6.54 Å². The summed E-state index contributed by atoms with van der Waals surface area (Å²) in [5.74, 6) is 0.550. The van der Waals surface area contributed by atoms with E-state index in [1.54, 1.807) is 12.1 Å². The molecule has 1 N–H and O–H groups in total. The van der Waals surface area contributed by atoms with Crippen LogP contribution in [0.4, 0.5) is 0 Å². The summed E-state index contributed by atoms with van der Waals surface area (Å²) in [7, 11) is 0. The fraction of sp³-hybridized carbons (Fsp3) is 0.462. The lowest BCUT2D eigenvalue weighted by atomic mass is 10.1. The van der Waals surface area contributed by atoms with Crippen LogP contribution in [-0.4, -0.2) is 12.5 Å². The van der Waals surface area contributed by atoms with Crippen molar-refractivity contribution >= 4 is 29.1 Å². The average molecular weight is 274 g/mol. The van der Waals surface area contributed by atoms with Crippen molar-refractivity contribution in [2.24, 2.45) is 5.92 Å². The fourth-order valence-electron chi connectivity index (χ4n) is 1.36. The highest BCUT2D eigenvalue weighted by molar-refractivity contribution is 6.42. The van der Waals surface area contributed by atoms with E-state index in [-0.39, 0.29) is 5.91 Å². The van der Waals surface area contributed by atoms with Gasteiger partial charge in [-0.25, -0.2) is 0 Å². The number of hydrogen-bond donors (Lipinski definition) is 1. The Kier molecular flexibility index (Phi) is 5.79. The fourth-order valence-corrected chi connectivity index (χ4v) is 1.68. The Labute approximate surface area is 112 Å². The Hall–Kier alpha value is -0.730. The summed E-state index contributed by atoms with van der Waals surface area (Å²) in [5, 5.41) is 3.96. The van der Waals surface area contributed by atoms with Gasteiger partial charge >= 0.3 is 0 Å². The van der Waals surface area contributed by atoms with Gasteiger partial charge in [0.15, 0.2) is 0 Å². The number of carbonyl (C=O) groups excluding carboxylic acids is 1. The Morgan fingerprint density at radius 3 is 2.59 bits per heavy atom. The van der Waals surface area contributed by atoms with Gasteiger partial charge in [-0.15, -0.1) is 0 Å². The molecule has 2 nitrogen and oxygen atoms in total. The van der Waals surface area contributed by atoms with Crippen LogP contribution in [0.5, 0.6) is 0 Å². The Morgan fingerprint density at radius 1 is 1.29 bits per heavy atom. The maximum absolute atomic E-state index is 11.5. The molecule has 1 rings (SSSR count). The quantitative estimate of drug-likeness (QED) is 0.871. The lowest BCUT2D eigenvalue weighted by Gasteiger charge is -2.07. The lowest BCUT2D eigenvalue weighted by molar-refractivity contribution is -0.121. The molecule has 0 saturated heterocycles. The molecule has 0 atom stereocenters. The summed E-state index contributed by atoms with van der Waals surface area (Å²) in [4.78, 5) is 11.5. The van der Waals surface area contributed by atoms with E-state index in [9.17, 15) is 4.79 Å². The van der Waals surface area contributed by atoms with Crippen molar-refractivity contribution in [3.63, 3.8) is 0 Å². The molecule has 0 radical (unpaired) electrons. The third kappa shape index (κ3) is 5.42. The first-order valence-electron chi connectivity index (χ1n) is 5.69. The van der Waals surface area contributed by atoms with Crippen LogP contribution >= 0.6 is 23.2 Å². The number of benzene rings is 1. The largest absolute Gasteiger partial charge is 0.356 e. The van der Waals surface area contributed by atoms with Crippen LogP contribution < -0.4 is 5.32 Å². The van der Waals surface area contributed by atoms with Crippen LogP contribution in [0.25, 0.3) is 0 Å². The maximum Gasteiger partial charge on any atom is 0.220 e. The van der Waals surface area contributed by atoms with Crippen molar-refractivity contribution < 1.29 is 4.79 Å². The van der Waals surface area contributed by atoms with Crippen molar-refractivity contribution in [3.8, 4) is 0 Å². The van der Waals surface area contributed by atoms with Crippen LogP contribution in [0.2, 0.25) is 10.0 Å². The third-order valence-corrected chi connectivity index (χ3v) is 3.07. The zero-order valence-electron chi connectivity index (χ0n) is 10.1. The van der Waals surface area contributed by atoms with E-state index < -0.39 is 0 Å². The van der Waals surface area contributed by atoms with E-state index in [1.807, 2.05) is 6.07 Å². The molecule has 1 aromatic carbocycles. The molecule has 0 aliphatic rings. The summed E-state index contributed by atoms with van der Waals surface area (Å²) in [6.45, 7) is 4.86. The van der Waals surface area contributed by atoms with Crippen molar-refractivity contribution in [2.45, 2.75) is 26.7 Å². The Bertz CT molecular complexity index is 391. The predicted molar refractivity (Wildman–Crippen MR) is 72.6 cm³/mol. The molecule has 0 unspecified atom stereocenters. The smallest absolute Gasteiger partial charge is 0.220 e. The molecule has 1 amide bonds. The monoisotopic (exact) mass is 273 g/mol. The van der Waals surface area contributed by atoms with Crippen LogP contribution in [0.15, 0.2) is 18.2 Å². The van der Waals surface area contributed by atoms with Crippen molar-refractivity contribution in [1.82, 2.24) is 5.32 Å². The second-order valence-electron chi connectivity index (χ2n) is 4.45. The predicted octanol–water partition coefficient (Wildman–Crippen LogP) is 3.70. The molecule has 0 bridgehead atoms. The second kappa shape index (κ2) is 6.87. The molecule has 0 aliphatic carbocycles. The van der Waals surface area contributed by atoms with E-state index in [0.717, 1.165) is 12.1 Å². The normalized spacial score (nSPS) is 10.6. The summed E-state index contributed by atoms with van der Waals surface area (Å²) in [6, 6.07) is 5.45. The minimum atomic E-state index is 0.0739. The van der Waals surface area contributed by atoms with Gasteiger partial charge in [0.1, 0.15) is 0 Å². The molecule has 0 heterocycles. The van der Waals surface area contributed by atoms with E-state index >= 15 is 0 Å². The molecule has 0 spiro atoms. The van der Waals surface area contributed by atoms with Gasteiger partial charge in [-0.3, -0.25) is 4.79 Å².